The van der Waals surface area contributed by atoms with Gasteiger partial charge in [0.2, 0.25) is 17.7 Å². The van der Waals surface area contributed by atoms with Crippen molar-refractivity contribution in [2.24, 2.45) is 11.7 Å². The van der Waals surface area contributed by atoms with E-state index in [0.717, 1.165) is 0 Å². The minimum atomic E-state index is -1.31. The topological polar surface area (TPSA) is 188 Å². The van der Waals surface area contributed by atoms with Gasteiger partial charge in [-0.05, 0) is 19.3 Å². The summed E-state index contributed by atoms with van der Waals surface area (Å²) in [5.74, 6) is -4.60. The molecule has 0 aliphatic rings. The second-order valence-electron chi connectivity index (χ2n) is 6.24. The summed E-state index contributed by atoms with van der Waals surface area (Å²) in [6.07, 6.45) is -0.329. The third-order valence-electron chi connectivity index (χ3n) is 3.24. The van der Waals surface area contributed by atoms with Gasteiger partial charge in [-0.1, -0.05) is 13.8 Å². The Bertz CT molecular complexity index is 550. The Morgan fingerprint density at radius 1 is 0.885 bits per heavy atom. The standard InChI is InChI=1S/C15H26N4O7/c1-7(2)4-10(15(26)17-6-12(22)23)19-13(24)8(3)18-14(25)9(16)5-11(20)21/h7-10H,4-6,16H2,1-3H3,(H,17,26)(H,18,25)(H,19,24)(H,20,21)(H,22,23). The summed E-state index contributed by atoms with van der Waals surface area (Å²) in [6, 6.07) is -3.36. The summed E-state index contributed by atoms with van der Waals surface area (Å²) in [7, 11) is 0. The van der Waals surface area contributed by atoms with E-state index in [1.165, 1.54) is 6.92 Å². The first-order valence-corrected chi connectivity index (χ1v) is 8.01. The second-order valence-corrected chi connectivity index (χ2v) is 6.24. The molecule has 11 heteroatoms. The van der Waals surface area contributed by atoms with Crippen molar-refractivity contribution in [2.45, 2.75) is 51.7 Å². The predicted octanol–water partition coefficient (Wildman–Crippen LogP) is -1.98. The fourth-order valence-electron chi connectivity index (χ4n) is 1.95. The average Bonchev–Trinajstić information content (AvgIpc) is 2.50. The molecule has 0 fully saturated rings. The molecule has 0 bridgehead atoms. The lowest BCUT2D eigenvalue weighted by Crippen LogP contribution is -2.55. The van der Waals surface area contributed by atoms with E-state index in [1.54, 1.807) is 0 Å². The van der Waals surface area contributed by atoms with Crippen LogP contribution in [0.4, 0.5) is 0 Å². The molecule has 0 aromatic heterocycles. The molecular weight excluding hydrogens is 348 g/mol. The van der Waals surface area contributed by atoms with E-state index in [-0.39, 0.29) is 12.3 Å². The highest BCUT2D eigenvalue weighted by molar-refractivity contribution is 5.94. The monoisotopic (exact) mass is 374 g/mol. The van der Waals surface area contributed by atoms with E-state index in [4.69, 9.17) is 15.9 Å². The highest BCUT2D eigenvalue weighted by Crippen LogP contribution is 2.05. The Balaban J connectivity index is 4.80. The maximum atomic E-state index is 12.2. The normalized spacial score (nSPS) is 14.0. The fraction of sp³-hybridized carbons (Fsp3) is 0.667. The Labute approximate surface area is 150 Å². The molecule has 3 atom stereocenters. The van der Waals surface area contributed by atoms with E-state index in [0.29, 0.717) is 0 Å². The Hall–Kier alpha value is -2.69. The lowest BCUT2D eigenvalue weighted by atomic mass is 10.0. The van der Waals surface area contributed by atoms with Crippen LogP contribution in [0.1, 0.15) is 33.6 Å². The number of carbonyl (C=O) groups is 5. The Morgan fingerprint density at radius 3 is 1.92 bits per heavy atom. The van der Waals surface area contributed by atoms with Crippen LogP contribution in [0.15, 0.2) is 0 Å². The van der Waals surface area contributed by atoms with E-state index in [1.807, 2.05) is 13.8 Å². The van der Waals surface area contributed by atoms with Crippen molar-refractivity contribution >= 4 is 29.7 Å². The van der Waals surface area contributed by atoms with Crippen molar-refractivity contribution in [1.82, 2.24) is 16.0 Å². The highest BCUT2D eigenvalue weighted by Gasteiger charge is 2.26. The molecule has 0 aliphatic heterocycles. The molecular formula is C15H26N4O7. The zero-order chi connectivity index (χ0) is 20.4. The third-order valence-corrected chi connectivity index (χ3v) is 3.24. The molecule has 26 heavy (non-hydrogen) atoms. The first-order valence-electron chi connectivity index (χ1n) is 8.01. The number of rotatable bonds is 11. The third kappa shape index (κ3) is 9.57. The summed E-state index contributed by atoms with van der Waals surface area (Å²) < 4.78 is 0. The van der Waals surface area contributed by atoms with Gasteiger partial charge < -0.3 is 31.9 Å². The Morgan fingerprint density at radius 2 is 1.46 bits per heavy atom. The number of nitrogens with one attached hydrogen (secondary N) is 3. The summed E-state index contributed by atoms with van der Waals surface area (Å²) >= 11 is 0. The number of carboxylic acid groups (broad SMARTS) is 2. The van der Waals surface area contributed by atoms with Gasteiger partial charge in [0.1, 0.15) is 18.6 Å². The van der Waals surface area contributed by atoms with Crippen molar-refractivity contribution in [2.75, 3.05) is 6.54 Å². The van der Waals surface area contributed by atoms with Gasteiger partial charge in [-0.15, -0.1) is 0 Å². The van der Waals surface area contributed by atoms with Crippen molar-refractivity contribution in [3.05, 3.63) is 0 Å². The fourth-order valence-corrected chi connectivity index (χ4v) is 1.95. The first kappa shape index (κ1) is 23.3. The maximum Gasteiger partial charge on any atom is 0.322 e. The van der Waals surface area contributed by atoms with Gasteiger partial charge in [0.15, 0.2) is 0 Å². The maximum absolute atomic E-state index is 12.2. The molecule has 3 amide bonds. The van der Waals surface area contributed by atoms with Crippen LogP contribution in [-0.4, -0.2) is 64.5 Å². The lowest BCUT2D eigenvalue weighted by molar-refractivity contribution is -0.139. The van der Waals surface area contributed by atoms with Gasteiger partial charge in [0.25, 0.3) is 0 Å². The lowest BCUT2D eigenvalue weighted by Gasteiger charge is -2.23. The molecule has 0 rings (SSSR count). The van der Waals surface area contributed by atoms with Crippen LogP contribution in [-0.2, 0) is 24.0 Å². The van der Waals surface area contributed by atoms with E-state index >= 15 is 0 Å². The summed E-state index contributed by atoms with van der Waals surface area (Å²) in [6.45, 7) is 4.40. The van der Waals surface area contributed by atoms with Crippen LogP contribution in [0.2, 0.25) is 0 Å². The molecule has 7 N–H and O–H groups in total. The van der Waals surface area contributed by atoms with Gasteiger partial charge in [0.05, 0.1) is 12.5 Å². The second kappa shape index (κ2) is 11.0. The quantitative estimate of drug-likeness (QED) is 0.240. The van der Waals surface area contributed by atoms with Crippen LogP contribution in [0, 0.1) is 5.92 Å². The summed E-state index contributed by atoms with van der Waals surface area (Å²) in [4.78, 5) is 57.0. The van der Waals surface area contributed by atoms with Crippen LogP contribution in [0.5, 0.6) is 0 Å². The van der Waals surface area contributed by atoms with Crippen molar-refractivity contribution < 1.29 is 34.2 Å². The van der Waals surface area contributed by atoms with Gasteiger partial charge in [-0.2, -0.15) is 0 Å². The molecule has 0 aliphatic carbocycles. The number of carbonyl (C=O) groups excluding carboxylic acids is 3. The van der Waals surface area contributed by atoms with E-state index in [9.17, 15) is 24.0 Å². The first-order chi connectivity index (χ1) is 11.9. The van der Waals surface area contributed by atoms with E-state index < -0.39 is 60.8 Å². The molecule has 0 saturated carbocycles. The minimum Gasteiger partial charge on any atom is -0.481 e. The number of carboxylic acids is 2. The number of hydrogen-bond acceptors (Lipinski definition) is 6. The number of amides is 3. The zero-order valence-electron chi connectivity index (χ0n) is 14.9. The van der Waals surface area contributed by atoms with Crippen LogP contribution in [0.3, 0.4) is 0 Å². The number of nitrogens with two attached hydrogens (primary N) is 1. The average molecular weight is 374 g/mol. The molecule has 0 spiro atoms. The smallest absolute Gasteiger partial charge is 0.322 e. The summed E-state index contributed by atoms with van der Waals surface area (Å²) in [5, 5.41) is 24.1. The summed E-state index contributed by atoms with van der Waals surface area (Å²) in [5.41, 5.74) is 5.41. The molecule has 11 nitrogen and oxygen atoms in total. The molecule has 0 radical (unpaired) electrons. The van der Waals surface area contributed by atoms with Gasteiger partial charge in [0, 0.05) is 0 Å². The molecule has 0 aromatic rings. The van der Waals surface area contributed by atoms with Gasteiger partial charge in [-0.25, -0.2) is 0 Å². The van der Waals surface area contributed by atoms with Crippen LogP contribution >= 0.6 is 0 Å². The van der Waals surface area contributed by atoms with Gasteiger partial charge >= 0.3 is 11.9 Å². The molecule has 0 heterocycles. The molecule has 0 aromatic carbocycles. The molecule has 3 unspecified atom stereocenters. The van der Waals surface area contributed by atoms with Crippen LogP contribution < -0.4 is 21.7 Å². The predicted molar refractivity (Wildman–Crippen MR) is 89.9 cm³/mol. The SMILES string of the molecule is CC(C)CC(NC(=O)C(C)NC(=O)C(N)CC(=O)O)C(=O)NCC(=O)O. The van der Waals surface area contributed by atoms with Crippen molar-refractivity contribution in [3.63, 3.8) is 0 Å². The van der Waals surface area contributed by atoms with E-state index in [2.05, 4.69) is 16.0 Å². The Kier molecular flexibility index (Phi) is 9.89. The van der Waals surface area contributed by atoms with Gasteiger partial charge in [-0.3, -0.25) is 24.0 Å². The molecule has 148 valence electrons. The minimum absolute atomic E-state index is 0.0322. The highest BCUT2D eigenvalue weighted by atomic mass is 16.4. The largest absolute Gasteiger partial charge is 0.481 e. The number of aliphatic carboxylic acids is 2. The van der Waals surface area contributed by atoms with Crippen molar-refractivity contribution in [1.29, 1.82) is 0 Å². The number of hydrogen-bond donors (Lipinski definition) is 6. The zero-order valence-corrected chi connectivity index (χ0v) is 14.9. The van der Waals surface area contributed by atoms with Crippen LogP contribution in [0.25, 0.3) is 0 Å². The molecule has 0 saturated heterocycles. The van der Waals surface area contributed by atoms with Crippen molar-refractivity contribution in [3.8, 4) is 0 Å².